The van der Waals surface area contributed by atoms with Crippen molar-refractivity contribution in [3.63, 3.8) is 0 Å². The Balaban J connectivity index is 2.22. The molecule has 2 nitrogen and oxygen atoms in total. The summed E-state index contributed by atoms with van der Waals surface area (Å²) in [6.45, 7) is 4.22. The zero-order valence-corrected chi connectivity index (χ0v) is 12.3. The number of unbranched alkanes of at least 4 members (excludes halogenated alkanes) is 1. The zero-order chi connectivity index (χ0) is 14.4. The first kappa shape index (κ1) is 14.6. The van der Waals surface area contributed by atoms with Gasteiger partial charge in [0.2, 0.25) is 0 Å². The molecule has 1 atom stereocenters. The van der Waals surface area contributed by atoms with E-state index in [0.29, 0.717) is 0 Å². The average Bonchev–Trinajstić information content (AvgIpc) is 2.48. The summed E-state index contributed by atoms with van der Waals surface area (Å²) in [4.78, 5) is 11.7. The molecule has 1 aliphatic heterocycles. The van der Waals surface area contributed by atoms with Gasteiger partial charge < -0.3 is 4.74 Å². The Morgan fingerprint density at radius 2 is 2.00 bits per heavy atom. The van der Waals surface area contributed by atoms with Crippen LogP contribution in [0, 0.1) is 0 Å². The van der Waals surface area contributed by atoms with E-state index in [2.05, 4.69) is 38.1 Å². The summed E-state index contributed by atoms with van der Waals surface area (Å²) in [6, 6.07) is 10.2. The van der Waals surface area contributed by atoms with Gasteiger partial charge in [0.1, 0.15) is 6.10 Å². The van der Waals surface area contributed by atoms with Crippen molar-refractivity contribution in [2.45, 2.75) is 45.6 Å². The molecule has 1 saturated heterocycles. The highest BCUT2D eigenvalue weighted by Gasteiger charge is 2.36. The van der Waals surface area contributed by atoms with Gasteiger partial charge in [-0.05, 0) is 30.4 Å². The topological polar surface area (TPSA) is 26.3 Å². The van der Waals surface area contributed by atoms with Gasteiger partial charge >= 0.3 is 5.97 Å². The molecule has 1 heterocycles. The van der Waals surface area contributed by atoms with Crippen LogP contribution in [0.15, 0.2) is 47.6 Å². The summed E-state index contributed by atoms with van der Waals surface area (Å²) in [5.74, 6) is -0.138. The molecular formula is C18H22O2. The molecule has 0 aromatic heterocycles. The van der Waals surface area contributed by atoms with Crippen molar-refractivity contribution < 1.29 is 9.53 Å². The molecule has 1 fully saturated rings. The van der Waals surface area contributed by atoms with Gasteiger partial charge in [-0.1, -0.05) is 62.8 Å². The van der Waals surface area contributed by atoms with Crippen molar-refractivity contribution in [3.05, 3.63) is 53.1 Å². The number of rotatable bonds is 6. The van der Waals surface area contributed by atoms with Crippen molar-refractivity contribution in [3.8, 4) is 0 Å². The summed E-state index contributed by atoms with van der Waals surface area (Å²) < 4.78 is 5.18. The number of hydrogen-bond donors (Lipinski definition) is 0. The van der Waals surface area contributed by atoms with Crippen LogP contribution in [0.1, 0.15) is 45.1 Å². The van der Waals surface area contributed by atoms with Gasteiger partial charge in [0.25, 0.3) is 0 Å². The molecule has 0 aliphatic carbocycles. The Morgan fingerprint density at radius 3 is 2.60 bits per heavy atom. The first-order chi connectivity index (χ1) is 9.76. The van der Waals surface area contributed by atoms with Crippen LogP contribution in [0.25, 0.3) is 6.08 Å². The minimum absolute atomic E-state index is 0.00483. The van der Waals surface area contributed by atoms with Crippen molar-refractivity contribution in [2.75, 3.05) is 0 Å². The Kier molecular flexibility index (Phi) is 5.16. The van der Waals surface area contributed by atoms with E-state index in [9.17, 15) is 4.79 Å². The molecular weight excluding hydrogens is 248 g/mol. The maximum absolute atomic E-state index is 11.7. The van der Waals surface area contributed by atoms with E-state index in [-0.39, 0.29) is 12.1 Å². The predicted molar refractivity (Wildman–Crippen MR) is 82.2 cm³/mol. The van der Waals surface area contributed by atoms with Crippen molar-refractivity contribution in [1.82, 2.24) is 0 Å². The first-order valence-corrected chi connectivity index (χ1v) is 7.43. The van der Waals surface area contributed by atoms with E-state index < -0.39 is 0 Å². The third-order valence-corrected chi connectivity index (χ3v) is 3.58. The van der Waals surface area contributed by atoms with E-state index in [1.165, 1.54) is 0 Å². The summed E-state index contributed by atoms with van der Waals surface area (Å²) in [5.41, 5.74) is 3.18. The fourth-order valence-electron chi connectivity index (χ4n) is 2.39. The SMILES string of the molecule is CCCCC(/C=C/c1ccccc1)=C1/C(=O)O[C@H]1CC. The number of allylic oxidation sites excluding steroid dienone is 2. The zero-order valence-electron chi connectivity index (χ0n) is 12.3. The molecule has 0 radical (unpaired) electrons. The van der Waals surface area contributed by atoms with Crippen LogP contribution < -0.4 is 0 Å². The normalized spacial score (nSPS) is 20.7. The Labute approximate surface area is 121 Å². The molecule has 2 rings (SSSR count). The van der Waals surface area contributed by atoms with Crippen LogP contribution >= 0.6 is 0 Å². The third-order valence-electron chi connectivity index (χ3n) is 3.58. The Hall–Kier alpha value is -1.83. The van der Waals surface area contributed by atoms with E-state index >= 15 is 0 Å². The van der Waals surface area contributed by atoms with Crippen LogP contribution in [0.4, 0.5) is 0 Å². The second-order valence-corrected chi connectivity index (χ2v) is 5.09. The summed E-state index contributed by atoms with van der Waals surface area (Å²) in [6.07, 6.45) is 8.19. The van der Waals surface area contributed by atoms with Gasteiger partial charge in [-0.25, -0.2) is 4.79 Å². The number of carbonyl (C=O) groups excluding carboxylic acids is 1. The van der Waals surface area contributed by atoms with Crippen LogP contribution in [0.2, 0.25) is 0 Å². The van der Waals surface area contributed by atoms with Gasteiger partial charge in [0.15, 0.2) is 0 Å². The van der Waals surface area contributed by atoms with Crippen LogP contribution in [0.5, 0.6) is 0 Å². The summed E-state index contributed by atoms with van der Waals surface area (Å²) in [7, 11) is 0. The number of cyclic esters (lactones) is 1. The predicted octanol–water partition coefficient (Wildman–Crippen LogP) is 4.52. The largest absolute Gasteiger partial charge is 0.454 e. The molecule has 0 N–H and O–H groups in total. The monoisotopic (exact) mass is 270 g/mol. The molecule has 0 spiro atoms. The van der Waals surface area contributed by atoms with Crippen LogP contribution in [-0.4, -0.2) is 12.1 Å². The number of hydrogen-bond acceptors (Lipinski definition) is 2. The van der Waals surface area contributed by atoms with Gasteiger partial charge in [-0.3, -0.25) is 0 Å². The third kappa shape index (κ3) is 3.38. The average molecular weight is 270 g/mol. The van der Waals surface area contributed by atoms with E-state index in [1.54, 1.807) is 0 Å². The van der Waals surface area contributed by atoms with Gasteiger partial charge in [-0.15, -0.1) is 0 Å². The second-order valence-electron chi connectivity index (χ2n) is 5.09. The van der Waals surface area contributed by atoms with Crippen molar-refractivity contribution in [2.24, 2.45) is 0 Å². The Bertz CT molecular complexity index is 511. The molecule has 1 aromatic rings. The highest BCUT2D eigenvalue weighted by Crippen LogP contribution is 2.30. The fraction of sp³-hybridized carbons (Fsp3) is 0.389. The molecule has 0 unspecified atom stereocenters. The quantitative estimate of drug-likeness (QED) is 0.561. The summed E-state index contributed by atoms with van der Waals surface area (Å²) >= 11 is 0. The smallest absolute Gasteiger partial charge is 0.338 e. The number of benzene rings is 1. The maximum atomic E-state index is 11.7. The first-order valence-electron chi connectivity index (χ1n) is 7.43. The molecule has 1 aromatic carbocycles. The van der Waals surface area contributed by atoms with E-state index in [4.69, 9.17) is 4.74 Å². The molecule has 2 heteroatoms. The Morgan fingerprint density at radius 1 is 1.25 bits per heavy atom. The highest BCUT2D eigenvalue weighted by molar-refractivity contribution is 5.97. The van der Waals surface area contributed by atoms with Gasteiger partial charge in [0, 0.05) is 0 Å². The summed E-state index contributed by atoms with van der Waals surface area (Å²) in [5, 5.41) is 0. The van der Waals surface area contributed by atoms with Gasteiger partial charge in [0.05, 0.1) is 5.57 Å². The minimum atomic E-state index is -0.138. The van der Waals surface area contributed by atoms with Crippen molar-refractivity contribution in [1.29, 1.82) is 0 Å². The highest BCUT2D eigenvalue weighted by atomic mass is 16.6. The molecule has 20 heavy (non-hydrogen) atoms. The number of esters is 1. The lowest BCUT2D eigenvalue weighted by Gasteiger charge is -2.30. The van der Waals surface area contributed by atoms with Crippen LogP contribution in [-0.2, 0) is 9.53 Å². The molecule has 106 valence electrons. The lowest BCUT2D eigenvalue weighted by atomic mass is 9.92. The fourth-order valence-corrected chi connectivity index (χ4v) is 2.39. The van der Waals surface area contributed by atoms with Crippen LogP contribution in [0.3, 0.4) is 0 Å². The molecule has 1 aliphatic rings. The van der Waals surface area contributed by atoms with E-state index in [0.717, 1.165) is 42.4 Å². The van der Waals surface area contributed by atoms with Gasteiger partial charge in [-0.2, -0.15) is 0 Å². The lowest BCUT2D eigenvalue weighted by Crippen LogP contribution is -2.37. The lowest BCUT2D eigenvalue weighted by molar-refractivity contribution is -0.156. The molecule has 0 amide bonds. The standard InChI is InChI=1S/C18H22O2/c1-3-5-11-15(17-16(4-2)20-18(17)19)13-12-14-9-7-6-8-10-14/h6-10,12-13,16H,3-5,11H2,1-2H3/b13-12+,17-15-/t16-/m0/s1. The minimum Gasteiger partial charge on any atom is -0.454 e. The number of ether oxygens (including phenoxy) is 1. The van der Waals surface area contributed by atoms with E-state index in [1.807, 2.05) is 18.2 Å². The maximum Gasteiger partial charge on any atom is 0.338 e. The van der Waals surface area contributed by atoms with Crippen molar-refractivity contribution >= 4 is 12.0 Å². The molecule has 0 saturated carbocycles. The number of carbonyl (C=O) groups is 1. The molecule has 0 bridgehead atoms. The second kappa shape index (κ2) is 7.09.